The maximum Gasteiger partial charge on any atom is 0.258 e. The first-order valence-corrected chi connectivity index (χ1v) is 8.81. The topological polar surface area (TPSA) is 62.5 Å². The Morgan fingerprint density at radius 1 is 1.21 bits per heavy atom. The predicted molar refractivity (Wildman–Crippen MR) is 91.0 cm³/mol. The number of rotatable bonds is 2. The molecule has 24 heavy (non-hydrogen) atoms. The molecular formula is C18H24N4O2. The fraction of sp³-hybridized carbons (Fsp3) is 0.611. The summed E-state index contributed by atoms with van der Waals surface area (Å²) in [6, 6.07) is 2.68. The number of hydrogen-bond donors (Lipinski definition) is 0. The molecule has 6 nitrogen and oxygen atoms in total. The summed E-state index contributed by atoms with van der Waals surface area (Å²) >= 11 is 0. The molecule has 2 aliphatic heterocycles. The van der Waals surface area contributed by atoms with Gasteiger partial charge in [0.1, 0.15) is 0 Å². The average molecular weight is 328 g/mol. The molecule has 1 amide bonds. The van der Waals surface area contributed by atoms with Crippen molar-refractivity contribution in [2.24, 2.45) is 0 Å². The van der Waals surface area contributed by atoms with Crippen molar-refractivity contribution < 1.29 is 9.32 Å². The van der Waals surface area contributed by atoms with Crippen molar-refractivity contribution in [1.29, 1.82) is 0 Å². The van der Waals surface area contributed by atoms with Crippen LogP contribution in [0.2, 0.25) is 0 Å². The van der Waals surface area contributed by atoms with Gasteiger partial charge in [-0.05, 0) is 59.2 Å². The van der Waals surface area contributed by atoms with E-state index in [0.29, 0.717) is 23.4 Å². The van der Waals surface area contributed by atoms with E-state index in [1.807, 2.05) is 19.9 Å². The second-order valence-corrected chi connectivity index (χ2v) is 7.16. The van der Waals surface area contributed by atoms with Crippen LogP contribution in [0.25, 0.3) is 11.1 Å². The summed E-state index contributed by atoms with van der Waals surface area (Å²) in [6.45, 7) is 5.72. The summed E-state index contributed by atoms with van der Waals surface area (Å²) in [5.41, 5.74) is 2.67. The lowest BCUT2D eigenvalue weighted by molar-refractivity contribution is 0.0666. The molecule has 0 aromatic carbocycles. The van der Waals surface area contributed by atoms with Crippen LogP contribution in [0.3, 0.4) is 0 Å². The number of pyridine rings is 1. The molecule has 0 aliphatic carbocycles. The van der Waals surface area contributed by atoms with E-state index in [2.05, 4.69) is 27.0 Å². The number of likely N-dealkylation sites (tertiary alicyclic amines) is 2. The number of carbonyl (C=O) groups is 1. The van der Waals surface area contributed by atoms with E-state index in [0.717, 1.165) is 42.7 Å². The Bertz CT molecular complexity index is 785. The second kappa shape index (κ2) is 5.84. The van der Waals surface area contributed by atoms with Crippen LogP contribution in [0.1, 0.15) is 47.4 Å². The quantitative estimate of drug-likeness (QED) is 0.848. The van der Waals surface area contributed by atoms with Gasteiger partial charge in [-0.15, -0.1) is 0 Å². The zero-order valence-electron chi connectivity index (χ0n) is 14.6. The molecule has 0 radical (unpaired) electrons. The van der Waals surface area contributed by atoms with Gasteiger partial charge in [-0.25, -0.2) is 4.98 Å². The van der Waals surface area contributed by atoms with E-state index >= 15 is 0 Å². The van der Waals surface area contributed by atoms with Gasteiger partial charge in [0, 0.05) is 24.3 Å². The Balaban J connectivity index is 1.72. The number of aromatic nitrogens is 2. The molecule has 4 rings (SSSR count). The van der Waals surface area contributed by atoms with Gasteiger partial charge in [0.05, 0.1) is 16.6 Å². The number of nitrogens with zero attached hydrogens (tertiary/aromatic N) is 4. The van der Waals surface area contributed by atoms with Crippen molar-refractivity contribution in [1.82, 2.24) is 19.9 Å². The maximum atomic E-state index is 13.3. The monoisotopic (exact) mass is 328 g/mol. The van der Waals surface area contributed by atoms with Gasteiger partial charge in [0.2, 0.25) is 0 Å². The van der Waals surface area contributed by atoms with Crippen LogP contribution in [-0.4, -0.2) is 58.1 Å². The molecule has 2 atom stereocenters. The Morgan fingerprint density at radius 2 is 1.96 bits per heavy atom. The summed E-state index contributed by atoms with van der Waals surface area (Å²) in [7, 11) is 2.18. The third kappa shape index (κ3) is 2.40. The molecule has 6 heteroatoms. The minimum atomic E-state index is 0.0969. The Labute approximate surface area is 141 Å². The predicted octanol–water partition coefficient (Wildman–Crippen LogP) is 2.54. The van der Waals surface area contributed by atoms with Gasteiger partial charge in [-0.1, -0.05) is 5.16 Å². The molecule has 2 saturated heterocycles. The average Bonchev–Trinajstić information content (AvgIpc) is 3.26. The first-order chi connectivity index (χ1) is 11.6. The van der Waals surface area contributed by atoms with Crippen LogP contribution < -0.4 is 0 Å². The highest BCUT2D eigenvalue weighted by Crippen LogP contribution is 2.32. The van der Waals surface area contributed by atoms with Gasteiger partial charge in [0.15, 0.2) is 0 Å². The summed E-state index contributed by atoms with van der Waals surface area (Å²) in [5.74, 6) is 0.0969. The zero-order chi connectivity index (χ0) is 16.8. The second-order valence-electron chi connectivity index (χ2n) is 7.16. The molecule has 2 aromatic heterocycles. The van der Waals surface area contributed by atoms with Crippen LogP contribution in [0.4, 0.5) is 0 Å². The van der Waals surface area contributed by atoms with Crippen LogP contribution in [0.5, 0.6) is 0 Å². The molecule has 2 aromatic rings. The standard InChI is InChI=1S/C18H24N4O2/c1-11-10-13(16-12(2)20-24-17(16)19-11)18(23)22-9-5-7-15(22)14-6-4-8-21(14)3/h10,14-15H,4-9H2,1-3H3/t14-,15-/m0/s1. The molecule has 0 bridgehead atoms. The molecule has 0 saturated carbocycles. The third-order valence-electron chi connectivity index (χ3n) is 5.56. The summed E-state index contributed by atoms with van der Waals surface area (Å²) in [5, 5.41) is 4.76. The number of aryl methyl sites for hydroxylation is 2. The highest BCUT2D eigenvalue weighted by molar-refractivity contribution is 6.06. The number of carbonyl (C=O) groups excluding carboxylic acids is 1. The third-order valence-corrected chi connectivity index (χ3v) is 5.56. The molecule has 128 valence electrons. The first-order valence-electron chi connectivity index (χ1n) is 8.81. The molecule has 0 N–H and O–H groups in total. The molecule has 2 aliphatic rings. The number of likely N-dealkylation sites (N-methyl/N-ethyl adjacent to an activating group) is 1. The van der Waals surface area contributed by atoms with Crippen LogP contribution >= 0.6 is 0 Å². The summed E-state index contributed by atoms with van der Waals surface area (Å²) in [4.78, 5) is 22.2. The molecule has 4 heterocycles. The Hall–Kier alpha value is -1.95. The minimum Gasteiger partial charge on any atom is -0.336 e. The lowest BCUT2D eigenvalue weighted by atomic mass is 10.0. The summed E-state index contributed by atoms with van der Waals surface area (Å²) in [6.07, 6.45) is 4.58. The van der Waals surface area contributed by atoms with Gasteiger partial charge in [-0.2, -0.15) is 0 Å². The lowest BCUT2D eigenvalue weighted by Gasteiger charge is -2.33. The van der Waals surface area contributed by atoms with Crippen molar-refractivity contribution in [3.8, 4) is 0 Å². The normalized spacial score (nSPS) is 25.0. The molecule has 2 fully saturated rings. The maximum absolute atomic E-state index is 13.3. The smallest absolute Gasteiger partial charge is 0.258 e. The van der Waals surface area contributed by atoms with Crippen LogP contribution in [0, 0.1) is 13.8 Å². The molecular weight excluding hydrogens is 304 g/mol. The van der Waals surface area contributed by atoms with E-state index in [1.54, 1.807) is 0 Å². The van der Waals surface area contributed by atoms with Gasteiger partial charge >= 0.3 is 0 Å². The summed E-state index contributed by atoms with van der Waals surface area (Å²) < 4.78 is 5.29. The van der Waals surface area contributed by atoms with E-state index in [9.17, 15) is 4.79 Å². The van der Waals surface area contributed by atoms with Crippen molar-refractivity contribution in [3.63, 3.8) is 0 Å². The van der Waals surface area contributed by atoms with Gasteiger partial charge in [-0.3, -0.25) is 4.79 Å². The van der Waals surface area contributed by atoms with Crippen molar-refractivity contribution in [3.05, 3.63) is 23.0 Å². The number of amides is 1. The fourth-order valence-corrected chi connectivity index (χ4v) is 4.41. The number of hydrogen-bond acceptors (Lipinski definition) is 5. The zero-order valence-corrected chi connectivity index (χ0v) is 14.6. The lowest BCUT2D eigenvalue weighted by Crippen LogP contribution is -2.47. The van der Waals surface area contributed by atoms with E-state index < -0.39 is 0 Å². The van der Waals surface area contributed by atoms with E-state index in [1.165, 1.54) is 12.8 Å². The highest BCUT2D eigenvalue weighted by atomic mass is 16.5. The highest BCUT2D eigenvalue weighted by Gasteiger charge is 2.39. The van der Waals surface area contributed by atoms with Gasteiger partial charge < -0.3 is 14.3 Å². The number of fused-ring (bicyclic) bond motifs is 1. The molecule has 0 unspecified atom stereocenters. The first kappa shape index (κ1) is 15.6. The fourth-order valence-electron chi connectivity index (χ4n) is 4.41. The minimum absolute atomic E-state index is 0.0969. The molecule has 0 spiro atoms. The van der Waals surface area contributed by atoms with Crippen LogP contribution in [-0.2, 0) is 0 Å². The van der Waals surface area contributed by atoms with Crippen molar-refractivity contribution >= 4 is 17.0 Å². The largest absolute Gasteiger partial charge is 0.336 e. The SMILES string of the molecule is Cc1cc(C(=O)N2CCC[C@H]2[C@@H]2CCCN2C)c2c(C)noc2n1. The Kier molecular flexibility index (Phi) is 3.79. The van der Waals surface area contributed by atoms with Crippen LogP contribution in [0.15, 0.2) is 10.6 Å². The van der Waals surface area contributed by atoms with E-state index in [-0.39, 0.29) is 5.91 Å². The van der Waals surface area contributed by atoms with E-state index in [4.69, 9.17) is 4.52 Å². The Morgan fingerprint density at radius 3 is 2.71 bits per heavy atom. The van der Waals surface area contributed by atoms with Crippen molar-refractivity contribution in [2.75, 3.05) is 20.1 Å². The van der Waals surface area contributed by atoms with Gasteiger partial charge in [0.25, 0.3) is 11.6 Å². The van der Waals surface area contributed by atoms with Crippen molar-refractivity contribution in [2.45, 2.75) is 51.6 Å².